The van der Waals surface area contributed by atoms with E-state index in [-0.39, 0.29) is 5.91 Å². The number of fused-ring (bicyclic) bond motifs is 1. The van der Waals surface area contributed by atoms with E-state index in [9.17, 15) is 4.79 Å². The highest BCUT2D eigenvalue weighted by Crippen LogP contribution is 2.30. The second kappa shape index (κ2) is 8.39. The van der Waals surface area contributed by atoms with Crippen LogP contribution in [-0.2, 0) is 11.2 Å². The lowest BCUT2D eigenvalue weighted by Crippen LogP contribution is -2.11. The van der Waals surface area contributed by atoms with E-state index >= 15 is 0 Å². The summed E-state index contributed by atoms with van der Waals surface area (Å²) in [6.45, 7) is 3.25. The minimum absolute atomic E-state index is 0.0474. The fourth-order valence-electron chi connectivity index (χ4n) is 2.96. The van der Waals surface area contributed by atoms with Gasteiger partial charge in [-0.25, -0.2) is 0 Å². The van der Waals surface area contributed by atoms with Crippen LogP contribution in [0.5, 0.6) is 11.5 Å². The third-order valence-corrected chi connectivity index (χ3v) is 4.17. The van der Waals surface area contributed by atoms with Gasteiger partial charge in [0.2, 0.25) is 5.91 Å². The zero-order valence-electron chi connectivity index (χ0n) is 14.9. The molecule has 26 heavy (non-hydrogen) atoms. The Labute approximate surface area is 153 Å². The number of nitrogens with one attached hydrogen (secondary N) is 1. The quantitative estimate of drug-likeness (QED) is 0.885. The predicted octanol–water partition coefficient (Wildman–Crippen LogP) is 3.99. The minimum Gasteiger partial charge on any atom is -0.490 e. The molecule has 5 nitrogen and oxygen atoms in total. The van der Waals surface area contributed by atoms with E-state index in [1.807, 2.05) is 31.2 Å². The Bertz CT molecular complexity index is 840. The van der Waals surface area contributed by atoms with E-state index in [0.717, 1.165) is 41.9 Å². The van der Waals surface area contributed by atoms with Gasteiger partial charge in [0, 0.05) is 18.5 Å². The Balaban J connectivity index is 1.52. The topological polar surface area (TPSA) is 71.4 Å². The molecule has 0 aromatic heterocycles. The number of nitriles is 1. The molecular formula is C21H22N2O3. The predicted molar refractivity (Wildman–Crippen MR) is 99.5 cm³/mol. The van der Waals surface area contributed by atoms with Crippen LogP contribution >= 0.6 is 0 Å². The number of rotatable bonds is 5. The Morgan fingerprint density at radius 3 is 2.77 bits per heavy atom. The molecule has 0 unspecified atom stereocenters. The molecule has 1 N–H and O–H groups in total. The van der Waals surface area contributed by atoms with Crippen LogP contribution in [0.1, 0.15) is 36.0 Å². The highest BCUT2D eigenvalue weighted by Gasteiger charge is 2.11. The molecule has 0 bridgehead atoms. The van der Waals surface area contributed by atoms with Gasteiger partial charge in [0.05, 0.1) is 24.8 Å². The lowest BCUT2D eigenvalue weighted by atomic mass is 10.1. The summed E-state index contributed by atoms with van der Waals surface area (Å²) in [4.78, 5) is 12.2. The first-order valence-corrected chi connectivity index (χ1v) is 8.84. The van der Waals surface area contributed by atoms with E-state index in [4.69, 9.17) is 14.7 Å². The molecule has 1 heterocycles. The summed E-state index contributed by atoms with van der Waals surface area (Å²) in [5.41, 5.74) is 3.30. The summed E-state index contributed by atoms with van der Waals surface area (Å²) in [6, 6.07) is 13.4. The molecule has 0 spiro atoms. The Hall–Kier alpha value is -3.00. The minimum atomic E-state index is -0.0474. The third-order valence-electron chi connectivity index (χ3n) is 4.17. The van der Waals surface area contributed by atoms with E-state index in [2.05, 4.69) is 11.4 Å². The van der Waals surface area contributed by atoms with Crippen LogP contribution < -0.4 is 14.8 Å². The van der Waals surface area contributed by atoms with Crippen molar-refractivity contribution in [3.63, 3.8) is 0 Å². The maximum Gasteiger partial charge on any atom is 0.224 e. The number of anilines is 1. The van der Waals surface area contributed by atoms with Gasteiger partial charge in [-0.15, -0.1) is 0 Å². The van der Waals surface area contributed by atoms with Crippen LogP contribution in [0.25, 0.3) is 0 Å². The van der Waals surface area contributed by atoms with Gasteiger partial charge in [-0.3, -0.25) is 4.79 Å². The van der Waals surface area contributed by atoms with Crippen molar-refractivity contribution in [3.8, 4) is 17.6 Å². The lowest BCUT2D eigenvalue weighted by Gasteiger charge is -2.10. The van der Waals surface area contributed by atoms with Gasteiger partial charge in [0.15, 0.2) is 11.5 Å². The normalized spacial score (nSPS) is 12.8. The SMILES string of the molecule is Cc1cc(C#N)cc(NC(=O)CCCc2ccc3c(c2)OCCCO3)c1. The second-order valence-corrected chi connectivity index (χ2v) is 6.43. The molecule has 2 aromatic rings. The average molecular weight is 350 g/mol. The van der Waals surface area contributed by atoms with Gasteiger partial charge < -0.3 is 14.8 Å². The van der Waals surface area contributed by atoms with Crippen molar-refractivity contribution < 1.29 is 14.3 Å². The molecule has 0 radical (unpaired) electrons. The van der Waals surface area contributed by atoms with Gasteiger partial charge in [-0.2, -0.15) is 5.26 Å². The molecule has 0 aliphatic carbocycles. The third kappa shape index (κ3) is 4.76. The monoisotopic (exact) mass is 350 g/mol. The molecular weight excluding hydrogens is 328 g/mol. The Morgan fingerprint density at radius 1 is 1.15 bits per heavy atom. The summed E-state index contributed by atoms with van der Waals surface area (Å²) in [5, 5.41) is 11.9. The number of ether oxygens (including phenoxy) is 2. The molecule has 1 aliphatic rings. The Morgan fingerprint density at radius 2 is 1.96 bits per heavy atom. The maximum absolute atomic E-state index is 12.2. The van der Waals surface area contributed by atoms with Crippen LogP contribution in [0.2, 0.25) is 0 Å². The number of amides is 1. The van der Waals surface area contributed by atoms with Crippen LogP contribution in [0, 0.1) is 18.3 Å². The first-order chi connectivity index (χ1) is 12.6. The summed E-state index contributed by atoms with van der Waals surface area (Å²) in [7, 11) is 0. The van der Waals surface area contributed by atoms with Crippen LogP contribution in [0.4, 0.5) is 5.69 Å². The van der Waals surface area contributed by atoms with Gasteiger partial charge in [0.1, 0.15) is 0 Å². The molecule has 2 aromatic carbocycles. The molecule has 0 fully saturated rings. The number of hydrogen-bond donors (Lipinski definition) is 1. The summed E-state index contributed by atoms with van der Waals surface area (Å²) in [6.07, 6.45) is 2.84. The number of aryl methyl sites for hydroxylation is 2. The molecule has 1 aliphatic heterocycles. The van der Waals surface area contributed by atoms with Crippen molar-refractivity contribution in [2.75, 3.05) is 18.5 Å². The number of hydrogen-bond acceptors (Lipinski definition) is 4. The van der Waals surface area contributed by atoms with Crippen molar-refractivity contribution in [3.05, 3.63) is 53.1 Å². The molecule has 0 saturated carbocycles. The number of carbonyl (C=O) groups excluding carboxylic acids is 1. The standard InChI is InChI=1S/C21H22N2O3/c1-15-10-17(14-22)12-18(11-15)23-21(24)5-2-4-16-6-7-19-20(13-16)26-9-3-8-25-19/h6-7,10-13H,2-5,8-9H2,1H3,(H,23,24). The van der Waals surface area contributed by atoms with Crippen molar-refractivity contribution in [1.82, 2.24) is 0 Å². The zero-order chi connectivity index (χ0) is 18.4. The number of nitrogens with zero attached hydrogens (tertiary/aromatic N) is 1. The van der Waals surface area contributed by atoms with E-state index < -0.39 is 0 Å². The fraction of sp³-hybridized carbons (Fsp3) is 0.333. The molecule has 134 valence electrons. The lowest BCUT2D eigenvalue weighted by molar-refractivity contribution is -0.116. The number of carbonyl (C=O) groups is 1. The first-order valence-electron chi connectivity index (χ1n) is 8.84. The molecule has 0 saturated heterocycles. The second-order valence-electron chi connectivity index (χ2n) is 6.43. The first kappa shape index (κ1) is 17.8. The molecule has 5 heteroatoms. The van der Waals surface area contributed by atoms with Gasteiger partial charge in [-0.05, 0) is 61.2 Å². The van der Waals surface area contributed by atoms with Crippen LogP contribution in [0.3, 0.4) is 0 Å². The maximum atomic E-state index is 12.2. The Kier molecular flexibility index (Phi) is 5.75. The number of benzene rings is 2. The van der Waals surface area contributed by atoms with E-state index in [0.29, 0.717) is 30.9 Å². The summed E-state index contributed by atoms with van der Waals surface area (Å²) >= 11 is 0. The van der Waals surface area contributed by atoms with E-state index in [1.165, 1.54) is 0 Å². The summed E-state index contributed by atoms with van der Waals surface area (Å²) in [5.74, 6) is 1.53. The van der Waals surface area contributed by atoms with Crippen molar-refractivity contribution in [2.24, 2.45) is 0 Å². The van der Waals surface area contributed by atoms with Crippen molar-refractivity contribution >= 4 is 11.6 Å². The van der Waals surface area contributed by atoms with Crippen molar-refractivity contribution in [2.45, 2.75) is 32.6 Å². The van der Waals surface area contributed by atoms with Gasteiger partial charge in [0.25, 0.3) is 0 Å². The van der Waals surface area contributed by atoms with E-state index in [1.54, 1.807) is 12.1 Å². The average Bonchev–Trinajstić information content (AvgIpc) is 2.86. The highest BCUT2D eigenvalue weighted by molar-refractivity contribution is 5.91. The van der Waals surface area contributed by atoms with Gasteiger partial charge >= 0.3 is 0 Å². The summed E-state index contributed by atoms with van der Waals surface area (Å²) < 4.78 is 11.3. The molecule has 1 amide bonds. The van der Waals surface area contributed by atoms with Gasteiger partial charge in [-0.1, -0.05) is 6.07 Å². The molecule has 0 atom stereocenters. The highest BCUT2D eigenvalue weighted by atomic mass is 16.5. The van der Waals surface area contributed by atoms with Crippen LogP contribution in [0.15, 0.2) is 36.4 Å². The smallest absolute Gasteiger partial charge is 0.224 e. The largest absolute Gasteiger partial charge is 0.490 e. The van der Waals surface area contributed by atoms with Crippen LogP contribution in [-0.4, -0.2) is 19.1 Å². The fourth-order valence-corrected chi connectivity index (χ4v) is 2.96. The van der Waals surface area contributed by atoms with Crippen molar-refractivity contribution in [1.29, 1.82) is 5.26 Å². The zero-order valence-corrected chi connectivity index (χ0v) is 14.9. The molecule has 3 rings (SSSR count).